The molecule has 0 aliphatic rings. The average molecular weight is 367 g/mol. The Labute approximate surface area is 153 Å². The molecule has 0 fully saturated rings. The van der Waals surface area contributed by atoms with Crippen molar-refractivity contribution in [2.24, 2.45) is 0 Å². The molecule has 0 heterocycles. The number of benzene rings is 2. The maximum absolute atomic E-state index is 12.9. The van der Waals surface area contributed by atoms with Crippen molar-refractivity contribution in [3.8, 4) is 11.5 Å². The van der Waals surface area contributed by atoms with Gasteiger partial charge in [0, 0.05) is 17.6 Å². The number of halogens is 2. The minimum Gasteiger partial charge on any atom is -0.493 e. The van der Waals surface area contributed by atoms with Gasteiger partial charge < -0.3 is 20.1 Å². The highest BCUT2D eigenvalue weighted by Crippen LogP contribution is 2.34. The van der Waals surface area contributed by atoms with Gasteiger partial charge in [0.05, 0.1) is 7.11 Å². The van der Waals surface area contributed by atoms with Crippen LogP contribution in [0.25, 0.3) is 0 Å². The SMILES string of the molecule is CNCCCNCc1cc(OC)c(OCc2ccc(F)cc2)cc1Cl. The van der Waals surface area contributed by atoms with E-state index in [0.29, 0.717) is 29.7 Å². The molecule has 4 nitrogen and oxygen atoms in total. The van der Waals surface area contributed by atoms with E-state index >= 15 is 0 Å². The van der Waals surface area contributed by atoms with E-state index < -0.39 is 0 Å². The Morgan fingerprint density at radius 2 is 1.84 bits per heavy atom. The van der Waals surface area contributed by atoms with E-state index in [4.69, 9.17) is 21.1 Å². The molecule has 0 atom stereocenters. The number of hydrogen-bond acceptors (Lipinski definition) is 4. The van der Waals surface area contributed by atoms with E-state index in [-0.39, 0.29) is 5.82 Å². The number of rotatable bonds is 10. The molecular weight excluding hydrogens is 343 g/mol. The van der Waals surface area contributed by atoms with Crippen LogP contribution in [0.4, 0.5) is 4.39 Å². The Morgan fingerprint density at radius 1 is 1.08 bits per heavy atom. The molecular formula is C19H24ClFN2O2. The standard InChI is InChI=1S/C19H24ClFN2O2/c1-22-8-3-9-23-12-15-10-18(24-2)19(11-17(15)20)25-13-14-4-6-16(21)7-5-14/h4-7,10-11,22-23H,3,8-9,12-13H2,1-2H3. The van der Waals surface area contributed by atoms with E-state index in [1.807, 2.05) is 13.1 Å². The van der Waals surface area contributed by atoms with Crippen LogP contribution < -0.4 is 20.1 Å². The van der Waals surface area contributed by atoms with E-state index in [2.05, 4.69) is 10.6 Å². The van der Waals surface area contributed by atoms with E-state index in [1.165, 1.54) is 12.1 Å². The smallest absolute Gasteiger partial charge is 0.163 e. The minimum atomic E-state index is -0.268. The van der Waals surface area contributed by atoms with Crippen LogP contribution in [-0.4, -0.2) is 27.2 Å². The molecule has 0 amide bonds. The van der Waals surface area contributed by atoms with Crippen LogP contribution >= 0.6 is 11.6 Å². The lowest BCUT2D eigenvalue weighted by molar-refractivity contribution is 0.284. The molecule has 0 saturated heterocycles. The molecule has 6 heteroatoms. The first-order chi connectivity index (χ1) is 12.1. The number of ether oxygens (including phenoxy) is 2. The highest BCUT2D eigenvalue weighted by atomic mass is 35.5. The maximum Gasteiger partial charge on any atom is 0.163 e. The van der Waals surface area contributed by atoms with Gasteiger partial charge in [-0.15, -0.1) is 0 Å². The highest BCUT2D eigenvalue weighted by molar-refractivity contribution is 6.31. The first-order valence-corrected chi connectivity index (χ1v) is 8.60. The van der Waals surface area contributed by atoms with Gasteiger partial charge in [0.2, 0.25) is 0 Å². The van der Waals surface area contributed by atoms with Gasteiger partial charge in [0.1, 0.15) is 12.4 Å². The molecule has 0 bridgehead atoms. The predicted octanol–water partition coefficient (Wildman–Crippen LogP) is 3.77. The maximum atomic E-state index is 12.9. The summed E-state index contributed by atoms with van der Waals surface area (Å²) in [5.41, 5.74) is 1.83. The molecule has 136 valence electrons. The van der Waals surface area contributed by atoms with Gasteiger partial charge in [0.25, 0.3) is 0 Å². The fourth-order valence-corrected chi connectivity index (χ4v) is 2.56. The van der Waals surface area contributed by atoms with E-state index in [1.54, 1.807) is 25.3 Å². The third-order valence-corrected chi connectivity index (χ3v) is 4.09. The van der Waals surface area contributed by atoms with Crippen molar-refractivity contribution in [2.45, 2.75) is 19.6 Å². The van der Waals surface area contributed by atoms with Crippen molar-refractivity contribution in [2.75, 3.05) is 27.2 Å². The van der Waals surface area contributed by atoms with E-state index in [0.717, 1.165) is 30.6 Å². The Morgan fingerprint density at radius 3 is 2.52 bits per heavy atom. The van der Waals surface area contributed by atoms with Gasteiger partial charge in [0.15, 0.2) is 11.5 Å². The van der Waals surface area contributed by atoms with Crippen molar-refractivity contribution in [3.63, 3.8) is 0 Å². The molecule has 25 heavy (non-hydrogen) atoms. The normalized spacial score (nSPS) is 10.7. The second kappa shape index (κ2) is 10.2. The second-order valence-corrected chi connectivity index (χ2v) is 6.05. The Hall–Kier alpha value is -1.82. The Balaban J connectivity index is 1.98. The largest absolute Gasteiger partial charge is 0.493 e. The third kappa shape index (κ3) is 6.20. The van der Waals surface area contributed by atoms with E-state index in [9.17, 15) is 4.39 Å². The first-order valence-electron chi connectivity index (χ1n) is 8.23. The number of nitrogens with one attached hydrogen (secondary N) is 2. The summed E-state index contributed by atoms with van der Waals surface area (Å²) in [4.78, 5) is 0. The Kier molecular flexibility index (Phi) is 7.98. The molecule has 0 aliphatic carbocycles. The van der Waals surface area contributed by atoms with Crippen molar-refractivity contribution in [1.29, 1.82) is 0 Å². The zero-order chi connectivity index (χ0) is 18.1. The van der Waals surface area contributed by atoms with Gasteiger partial charge in [-0.05, 0) is 55.9 Å². The van der Waals surface area contributed by atoms with Crippen molar-refractivity contribution < 1.29 is 13.9 Å². The first kappa shape index (κ1) is 19.5. The van der Waals surface area contributed by atoms with Crippen LogP contribution in [0.2, 0.25) is 5.02 Å². The fourth-order valence-electron chi connectivity index (χ4n) is 2.34. The summed E-state index contributed by atoms with van der Waals surface area (Å²) in [6.07, 6.45) is 1.05. The van der Waals surface area contributed by atoms with Crippen molar-refractivity contribution in [1.82, 2.24) is 10.6 Å². The molecule has 0 spiro atoms. The van der Waals surface area contributed by atoms with Crippen LogP contribution in [0.1, 0.15) is 17.5 Å². The van der Waals surface area contributed by atoms with Gasteiger partial charge in [-0.3, -0.25) is 0 Å². The lowest BCUT2D eigenvalue weighted by Gasteiger charge is -2.14. The minimum absolute atomic E-state index is 0.268. The molecule has 2 aromatic carbocycles. The summed E-state index contributed by atoms with van der Waals surface area (Å²) in [5.74, 6) is 0.922. The number of hydrogen-bond donors (Lipinski definition) is 2. The monoisotopic (exact) mass is 366 g/mol. The fraction of sp³-hybridized carbons (Fsp3) is 0.368. The zero-order valence-electron chi connectivity index (χ0n) is 14.6. The van der Waals surface area contributed by atoms with Crippen molar-refractivity contribution >= 4 is 11.6 Å². The molecule has 2 rings (SSSR count). The molecule has 0 saturated carbocycles. The summed E-state index contributed by atoms with van der Waals surface area (Å²) in [6, 6.07) is 9.83. The molecule has 0 aliphatic heterocycles. The molecule has 2 aromatic rings. The van der Waals surface area contributed by atoms with Crippen LogP contribution in [0, 0.1) is 5.82 Å². The highest BCUT2D eigenvalue weighted by Gasteiger charge is 2.11. The summed E-state index contributed by atoms with van der Waals surface area (Å²) < 4.78 is 24.1. The summed E-state index contributed by atoms with van der Waals surface area (Å²) in [7, 11) is 3.53. The molecule has 0 unspecified atom stereocenters. The van der Waals surface area contributed by atoms with Crippen LogP contribution in [0.15, 0.2) is 36.4 Å². The lowest BCUT2D eigenvalue weighted by Crippen LogP contribution is -2.19. The van der Waals surface area contributed by atoms with Crippen LogP contribution in [-0.2, 0) is 13.2 Å². The van der Waals surface area contributed by atoms with Crippen LogP contribution in [0.3, 0.4) is 0 Å². The van der Waals surface area contributed by atoms with Crippen LogP contribution in [0.5, 0.6) is 11.5 Å². The van der Waals surface area contributed by atoms with Gasteiger partial charge in [-0.1, -0.05) is 23.7 Å². The second-order valence-electron chi connectivity index (χ2n) is 5.64. The number of methoxy groups -OCH3 is 1. The summed E-state index contributed by atoms with van der Waals surface area (Å²) >= 11 is 6.36. The topological polar surface area (TPSA) is 42.5 Å². The summed E-state index contributed by atoms with van der Waals surface area (Å²) in [6.45, 7) is 2.86. The third-order valence-electron chi connectivity index (χ3n) is 3.74. The predicted molar refractivity (Wildman–Crippen MR) is 99.0 cm³/mol. The lowest BCUT2D eigenvalue weighted by atomic mass is 10.2. The molecule has 2 N–H and O–H groups in total. The average Bonchev–Trinajstić information content (AvgIpc) is 2.62. The quantitative estimate of drug-likeness (QED) is 0.628. The molecule has 0 aromatic heterocycles. The van der Waals surface area contributed by atoms with Gasteiger partial charge >= 0.3 is 0 Å². The molecule has 0 radical (unpaired) electrons. The van der Waals surface area contributed by atoms with Gasteiger partial charge in [-0.25, -0.2) is 4.39 Å². The Bertz CT molecular complexity index is 665. The summed E-state index contributed by atoms with van der Waals surface area (Å²) in [5, 5.41) is 7.09. The zero-order valence-corrected chi connectivity index (χ0v) is 15.3. The van der Waals surface area contributed by atoms with Gasteiger partial charge in [-0.2, -0.15) is 0 Å². The van der Waals surface area contributed by atoms with Crippen molar-refractivity contribution in [3.05, 3.63) is 58.4 Å².